The van der Waals surface area contributed by atoms with Crippen LogP contribution in [0.3, 0.4) is 0 Å². The molecule has 2 heterocycles. The molecule has 1 unspecified atom stereocenters. The summed E-state index contributed by atoms with van der Waals surface area (Å²) in [6.45, 7) is 1.63. The largest absolute Gasteiger partial charge is 0.416 e. The molecule has 2 aliphatic heterocycles. The zero-order chi connectivity index (χ0) is 17.9. The SMILES string of the molecule is O=C(/C=C/c1cccc(C(F)(F)F)c1)N1CCCCC1C1OCCO1. The summed E-state index contributed by atoms with van der Waals surface area (Å²) in [6, 6.07) is 4.76. The van der Waals surface area contributed by atoms with Crippen LogP contribution in [0.2, 0.25) is 0 Å². The zero-order valence-electron chi connectivity index (χ0n) is 13.7. The van der Waals surface area contributed by atoms with Gasteiger partial charge in [-0.3, -0.25) is 4.79 Å². The highest BCUT2D eigenvalue weighted by atomic mass is 19.4. The summed E-state index contributed by atoms with van der Waals surface area (Å²) in [7, 11) is 0. The number of alkyl halides is 3. The lowest BCUT2D eigenvalue weighted by molar-refractivity contribution is -0.145. The van der Waals surface area contributed by atoms with Gasteiger partial charge in [0.05, 0.1) is 24.8 Å². The number of likely N-dealkylation sites (tertiary alicyclic amines) is 1. The van der Waals surface area contributed by atoms with Gasteiger partial charge < -0.3 is 14.4 Å². The van der Waals surface area contributed by atoms with E-state index in [1.807, 2.05) is 0 Å². The van der Waals surface area contributed by atoms with Crippen LogP contribution >= 0.6 is 0 Å². The third kappa shape index (κ3) is 4.41. The molecule has 4 nitrogen and oxygen atoms in total. The molecule has 1 aromatic rings. The number of nitrogens with zero attached hydrogens (tertiary/aromatic N) is 1. The van der Waals surface area contributed by atoms with Crippen molar-refractivity contribution in [1.29, 1.82) is 0 Å². The van der Waals surface area contributed by atoms with E-state index in [1.54, 1.807) is 4.90 Å². The lowest BCUT2D eigenvalue weighted by Gasteiger charge is -2.37. The van der Waals surface area contributed by atoms with Crippen LogP contribution in [0.1, 0.15) is 30.4 Å². The Morgan fingerprint density at radius 1 is 1.20 bits per heavy atom. The van der Waals surface area contributed by atoms with E-state index in [0.29, 0.717) is 25.3 Å². The van der Waals surface area contributed by atoms with E-state index < -0.39 is 18.0 Å². The average molecular weight is 355 g/mol. The van der Waals surface area contributed by atoms with Crippen LogP contribution in [0.15, 0.2) is 30.3 Å². The molecule has 3 rings (SSSR count). The lowest BCUT2D eigenvalue weighted by atomic mass is 10.0. The summed E-state index contributed by atoms with van der Waals surface area (Å²) in [5.41, 5.74) is -0.393. The second-order valence-electron chi connectivity index (χ2n) is 6.16. The van der Waals surface area contributed by atoms with Crippen molar-refractivity contribution >= 4 is 12.0 Å². The maximum Gasteiger partial charge on any atom is 0.416 e. The van der Waals surface area contributed by atoms with Crippen molar-refractivity contribution in [2.24, 2.45) is 0 Å². The van der Waals surface area contributed by atoms with Gasteiger partial charge in [0.15, 0.2) is 6.29 Å². The molecular formula is C18H20F3NO3. The third-order valence-electron chi connectivity index (χ3n) is 4.43. The molecule has 7 heteroatoms. The van der Waals surface area contributed by atoms with Crippen LogP contribution in [-0.4, -0.2) is 42.9 Å². The number of hydrogen-bond acceptors (Lipinski definition) is 3. The molecule has 0 spiro atoms. The standard InChI is InChI=1S/C18H20F3NO3/c19-18(20,21)14-5-3-4-13(12-14)7-8-16(23)22-9-2-1-6-15(22)17-24-10-11-25-17/h3-5,7-8,12,15,17H,1-2,6,9-11H2/b8-7+. The Labute approximate surface area is 144 Å². The number of halogens is 3. The number of piperidine rings is 1. The number of ether oxygens (including phenoxy) is 2. The van der Waals surface area contributed by atoms with Gasteiger partial charge in [0.1, 0.15) is 0 Å². The number of amides is 1. The molecule has 0 radical (unpaired) electrons. The molecule has 1 aromatic carbocycles. The van der Waals surface area contributed by atoms with Crippen molar-refractivity contribution in [3.63, 3.8) is 0 Å². The fraction of sp³-hybridized carbons (Fsp3) is 0.500. The van der Waals surface area contributed by atoms with E-state index in [9.17, 15) is 18.0 Å². The van der Waals surface area contributed by atoms with Crippen molar-refractivity contribution in [2.75, 3.05) is 19.8 Å². The monoisotopic (exact) mass is 355 g/mol. The number of carbonyl (C=O) groups excluding carboxylic acids is 1. The van der Waals surface area contributed by atoms with Gasteiger partial charge in [-0.05, 0) is 43.0 Å². The minimum absolute atomic E-state index is 0.144. The molecule has 1 amide bonds. The Balaban J connectivity index is 1.70. The molecule has 2 aliphatic rings. The molecule has 0 N–H and O–H groups in total. The van der Waals surface area contributed by atoms with Crippen molar-refractivity contribution in [2.45, 2.75) is 37.8 Å². The Morgan fingerprint density at radius 3 is 2.68 bits per heavy atom. The normalized spacial score (nSPS) is 22.7. The third-order valence-corrected chi connectivity index (χ3v) is 4.43. The Hall–Kier alpha value is -1.86. The molecule has 136 valence electrons. The summed E-state index contributed by atoms with van der Waals surface area (Å²) in [6.07, 6.45) is 0.617. The maximum atomic E-state index is 12.8. The fourth-order valence-electron chi connectivity index (χ4n) is 3.19. The predicted molar refractivity (Wildman–Crippen MR) is 85.5 cm³/mol. The van der Waals surface area contributed by atoms with Crippen LogP contribution in [0, 0.1) is 0 Å². The first-order valence-corrected chi connectivity index (χ1v) is 8.34. The summed E-state index contributed by atoms with van der Waals surface area (Å²) >= 11 is 0. The quantitative estimate of drug-likeness (QED) is 0.780. The number of benzene rings is 1. The second-order valence-corrected chi connectivity index (χ2v) is 6.16. The van der Waals surface area contributed by atoms with E-state index >= 15 is 0 Å². The second kappa shape index (κ2) is 7.58. The van der Waals surface area contributed by atoms with Gasteiger partial charge in [0.25, 0.3) is 0 Å². The van der Waals surface area contributed by atoms with Crippen molar-refractivity contribution < 1.29 is 27.4 Å². The highest BCUT2D eigenvalue weighted by molar-refractivity contribution is 5.92. The highest BCUT2D eigenvalue weighted by Crippen LogP contribution is 2.30. The van der Waals surface area contributed by atoms with E-state index in [0.717, 1.165) is 31.4 Å². The van der Waals surface area contributed by atoms with Crippen LogP contribution < -0.4 is 0 Å². The Bertz CT molecular complexity index is 639. The highest BCUT2D eigenvalue weighted by Gasteiger charge is 2.35. The number of hydrogen-bond donors (Lipinski definition) is 0. The molecule has 0 aromatic heterocycles. The van der Waals surface area contributed by atoms with Crippen LogP contribution in [0.5, 0.6) is 0 Å². The summed E-state index contributed by atoms with van der Waals surface area (Å²) in [4.78, 5) is 14.2. The van der Waals surface area contributed by atoms with Crippen LogP contribution in [0.4, 0.5) is 13.2 Å². The molecule has 0 saturated carbocycles. The first kappa shape index (κ1) is 17.9. The first-order valence-electron chi connectivity index (χ1n) is 8.34. The molecule has 2 saturated heterocycles. The van der Waals surface area contributed by atoms with E-state index in [-0.39, 0.29) is 11.9 Å². The smallest absolute Gasteiger partial charge is 0.348 e. The van der Waals surface area contributed by atoms with E-state index in [4.69, 9.17) is 9.47 Å². The van der Waals surface area contributed by atoms with Gasteiger partial charge in [-0.25, -0.2) is 0 Å². The minimum atomic E-state index is -4.40. The fourth-order valence-corrected chi connectivity index (χ4v) is 3.19. The van der Waals surface area contributed by atoms with Crippen molar-refractivity contribution in [1.82, 2.24) is 4.90 Å². The van der Waals surface area contributed by atoms with Crippen molar-refractivity contribution in [3.05, 3.63) is 41.5 Å². The first-order chi connectivity index (χ1) is 11.9. The molecular weight excluding hydrogens is 335 g/mol. The molecule has 1 atom stereocenters. The van der Waals surface area contributed by atoms with Crippen molar-refractivity contribution in [3.8, 4) is 0 Å². The summed E-state index contributed by atoms with van der Waals surface area (Å²) < 4.78 is 49.3. The number of carbonyl (C=O) groups is 1. The van der Waals surface area contributed by atoms with E-state index in [1.165, 1.54) is 24.3 Å². The molecule has 2 fully saturated rings. The molecule has 0 aliphatic carbocycles. The average Bonchev–Trinajstić information content (AvgIpc) is 3.14. The van der Waals surface area contributed by atoms with Gasteiger partial charge in [-0.15, -0.1) is 0 Å². The van der Waals surface area contributed by atoms with Crippen LogP contribution in [0.25, 0.3) is 6.08 Å². The Morgan fingerprint density at radius 2 is 1.96 bits per heavy atom. The maximum absolute atomic E-state index is 12.8. The minimum Gasteiger partial charge on any atom is -0.348 e. The summed E-state index contributed by atoms with van der Waals surface area (Å²) in [5.74, 6) is -0.235. The number of rotatable bonds is 3. The van der Waals surface area contributed by atoms with Gasteiger partial charge in [0.2, 0.25) is 5.91 Å². The van der Waals surface area contributed by atoms with Gasteiger partial charge >= 0.3 is 6.18 Å². The molecule has 0 bridgehead atoms. The van der Waals surface area contributed by atoms with Crippen LogP contribution in [-0.2, 0) is 20.4 Å². The van der Waals surface area contributed by atoms with Gasteiger partial charge in [-0.2, -0.15) is 13.2 Å². The topological polar surface area (TPSA) is 38.8 Å². The van der Waals surface area contributed by atoms with Gasteiger partial charge in [0, 0.05) is 12.6 Å². The zero-order valence-corrected chi connectivity index (χ0v) is 13.7. The lowest BCUT2D eigenvalue weighted by Crippen LogP contribution is -2.49. The van der Waals surface area contributed by atoms with E-state index in [2.05, 4.69) is 0 Å². The van der Waals surface area contributed by atoms with Gasteiger partial charge in [-0.1, -0.05) is 12.1 Å². The molecule has 25 heavy (non-hydrogen) atoms. The predicted octanol–water partition coefficient (Wildman–Crippen LogP) is 3.47. The summed E-state index contributed by atoms with van der Waals surface area (Å²) in [5, 5.41) is 0. The Kier molecular flexibility index (Phi) is 5.44.